The lowest BCUT2D eigenvalue weighted by molar-refractivity contribution is 0.161. The van der Waals surface area contributed by atoms with Gasteiger partial charge in [-0.15, -0.1) is 0 Å². The molecule has 1 atom stereocenters. The molecule has 1 aromatic rings. The van der Waals surface area contributed by atoms with Crippen LogP contribution in [0.3, 0.4) is 0 Å². The summed E-state index contributed by atoms with van der Waals surface area (Å²) in [6, 6.07) is 8.44. The van der Waals surface area contributed by atoms with Crippen LogP contribution < -0.4 is 5.32 Å². The standard InChI is InChI=1S/C14H23NO2/c1-3-11-5-7-12(8-6-11)14(4-2)15-13(9-16)10-17/h5-8,13-17H,3-4,9-10H2,1-2H3. The Labute approximate surface area is 103 Å². The van der Waals surface area contributed by atoms with E-state index in [0.717, 1.165) is 12.8 Å². The molecule has 3 N–H and O–H groups in total. The van der Waals surface area contributed by atoms with Crippen molar-refractivity contribution >= 4 is 0 Å². The zero-order chi connectivity index (χ0) is 12.7. The molecule has 1 unspecified atom stereocenters. The van der Waals surface area contributed by atoms with E-state index in [-0.39, 0.29) is 25.3 Å². The normalized spacial score (nSPS) is 13.0. The molecule has 0 bridgehead atoms. The molecule has 0 fully saturated rings. The average molecular weight is 237 g/mol. The number of hydrogen-bond acceptors (Lipinski definition) is 3. The Morgan fingerprint density at radius 3 is 2.06 bits per heavy atom. The monoisotopic (exact) mass is 237 g/mol. The second kappa shape index (κ2) is 7.43. The molecule has 0 heterocycles. The van der Waals surface area contributed by atoms with Crippen molar-refractivity contribution in [2.45, 2.75) is 38.8 Å². The molecule has 0 amide bonds. The van der Waals surface area contributed by atoms with Crippen LogP contribution in [-0.4, -0.2) is 29.5 Å². The summed E-state index contributed by atoms with van der Waals surface area (Å²) < 4.78 is 0. The Morgan fingerprint density at radius 2 is 1.65 bits per heavy atom. The lowest BCUT2D eigenvalue weighted by Gasteiger charge is -2.22. The molecule has 0 spiro atoms. The Bertz CT molecular complexity index is 307. The molecule has 0 aliphatic carbocycles. The van der Waals surface area contributed by atoms with Crippen LogP contribution in [0.1, 0.15) is 37.4 Å². The largest absolute Gasteiger partial charge is 0.395 e. The van der Waals surface area contributed by atoms with Gasteiger partial charge in [0.15, 0.2) is 0 Å². The second-order valence-corrected chi connectivity index (χ2v) is 4.28. The molecule has 0 aliphatic heterocycles. The maximum atomic E-state index is 9.08. The zero-order valence-electron chi connectivity index (χ0n) is 10.7. The molecule has 3 heteroatoms. The van der Waals surface area contributed by atoms with Gasteiger partial charge in [-0.25, -0.2) is 0 Å². The van der Waals surface area contributed by atoms with Crippen LogP contribution in [-0.2, 0) is 6.42 Å². The van der Waals surface area contributed by atoms with Crippen LogP contribution in [0.2, 0.25) is 0 Å². The highest BCUT2D eigenvalue weighted by atomic mass is 16.3. The summed E-state index contributed by atoms with van der Waals surface area (Å²) in [5.41, 5.74) is 2.53. The van der Waals surface area contributed by atoms with Gasteiger partial charge >= 0.3 is 0 Å². The predicted octanol–water partition coefficient (Wildman–Crippen LogP) is 1.64. The maximum Gasteiger partial charge on any atom is 0.0607 e. The van der Waals surface area contributed by atoms with E-state index >= 15 is 0 Å². The summed E-state index contributed by atoms with van der Waals surface area (Å²) >= 11 is 0. The van der Waals surface area contributed by atoms with Crippen molar-refractivity contribution < 1.29 is 10.2 Å². The Kier molecular flexibility index (Phi) is 6.19. The van der Waals surface area contributed by atoms with E-state index in [9.17, 15) is 0 Å². The smallest absolute Gasteiger partial charge is 0.0607 e. The van der Waals surface area contributed by atoms with E-state index in [1.54, 1.807) is 0 Å². The van der Waals surface area contributed by atoms with Crippen molar-refractivity contribution in [2.75, 3.05) is 13.2 Å². The van der Waals surface area contributed by atoms with Gasteiger partial charge in [-0.1, -0.05) is 38.1 Å². The van der Waals surface area contributed by atoms with Crippen LogP contribution in [0.15, 0.2) is 24.3 Å². The quantitative estimate of drug-likeness (QED) is 0.676. The van der Waals surface area contributed by atoms with Crippen LogP contribution in [0.5, 0.6) is 0 Å². The van der Waals surface area contributed by atoms with Crippen molar-refractivity contribution in [2.24, 2.45) is 0 Å². The molecule has 96 valence electrons. The van der Waals surface area contributed by atoms with Crippen molar-refractivity contribution in [1.29, 1.82) is 0 Å². The van der Waals surface area contributed by atoms with E-state index in [1.807, 2.05) is 0 Å². The predicted molar refractivity (Wildman–Crippen MR) is 69.9 cm³/mol. The Morgan fingerprint density at radius 1 is 1.06 bits per heavy atom. The number of rotatable bonds is 7. The average Bonchev–Trinajstić information content (AvgIpc) is 2.40. The first-order valence-corrected chi connectivity index (χ1v) is 6.31. The van der Waals surface area contributed by atoms with Crippen molar-refractivity contribution in [1.82, 2.24) is 5.32 Å². The minimum atomic E-state index is -0.245. The maximum absolute atomic E-state index is 9.08. The summed E-state index contributed by atoms with van der Waals surface area (Å²) in [7, 11) is 0. The van der Waals surface area contributed by atoms with Crippen molar-refractivity contribution in [3.8, 4) is 0 Å². The SMILES string of the molecule is CCc1ccc(C(CC)NC(CO)CO)cc1. The first kappa shape index (κ1) is 14.2. The molecular weight excluding hydrogens is 214 g/mol. The second-order valence-electron chi connectivity index (χ2n) is 4.28. The number of aliphatic hydroxyl groups is 2. The Balaban J connectivity index is 2.71. The van der Waals surface area contributed by atoms with Crippen LogP contribution in [0.4, 0.5) is 0 Å². The van der Waals surface area contributed by atoms with Crippen molar-refractivity contribution in [3.63, 3.8) is 0 Å². The molecule has 17 heavy (non-hydrogen) atoms. The summed E-state index contributed by atoms with van der Waals surface area (Å²) in [6.45, 7) is 4.15. The highest BCUT2D eigenvalue weighted by Crippen LogP contribution is 2.18. The first-order chi connectivity index (χ1) is 8.24. The number of nitrogens with one attached hydrogen (secondary N) is 1. The summed E-state index contributed by atoms with van der Waals surface area (Å²) in [5.74, 6) is 0. The number of aryl methyl sites for hydroxylation is 1. The molecule has 0 aliphatic rings. The molecular formula is C14H23NO2. The third kappa shape index (κ3) is 4.11. The van der Waals surface area contributed by atoms with Crippen LogP contribution in [0.25, 0.3) is 0 Å². The fourth-order valence-electron chi connectivity index (χ4n) is 1.88. The third-order valence-corrected chi connectivity index (χ3v) is 3.08. The fraction of sp³-hybridized carbons (Fsp3) is 0.571. The minimum absolute atomic E-state index is 0.0416. The number of aliphatic hydroxyl groups excluding tert-OH is 2. The fourth-order valence-corrected chi connectivity index (χ4v) is 1.88. The van der Waals surface area contributed by atoms with Gasteiger partial charge in [0, 0.05) is 6.04 Å². The third-order valence-electron chi connectivity index (χ3n) is 3.08. The number of hydrogen-bond donors (Lipinski definition) is 3. The van der Waals surface area contributed by atoms with E-state index < -0.39 is 0 Å². The molecule has 1 rings (SSSR count). The summed E-state index contributed by atoms with van der Waals surface area (Å²) in [4.78, 5) is 0. The van der Waals surface area contributed by atoms with Crippen LogP contribution >= 0.6 is 0 Å². The summed E-state index contributed by atoms with van der Waals surface area (Å²) in [6.07, 6.45) is 1.97. The molecule has 0 saturated carbocycles. The van der Waals surface area contributed by atoms with E-state index in [4.69, 9.17) is 10.2 Å². The van der Waals surface area contributed by atoms with Gasteiger partial charge in [0.25, 0.3) is 0 Å². The Hall–Kier alpha value is -0.900. The summed E-state index contributed by atoms with van der Waals surface area (Å²) in [5, 5.41) is 21.4. The molecule has 0 radical (unpaired) electrons. The van der Waals surface area contributed by atoms with Gasteiger partial charge in [0.05, 0.1) is 19.3 Å². The van der Waals surface area contributed by atoms with Crippen molar-refractivity contribution in [3.05, 3.63) is 35.4 Å². The van der Waals surface area contributed by atoms with Gasteiger partial charge in [0.2, 0.25) is 0 Å². The van der Waals surface area contributed by atoms with Gasteiger partial charge in [0.1, 0.15) is 0 Å². The minimum Gasteiger partial charge on any atom is -0.395 e. The topological polar surface area (TPSA) is 52.5 Å². The lowest BCUT2D eigenvalue weighted by atomic mass is 10.0. The molecule has 0 aromatic heterocycles. The highest BCUT2D eigenvalue weighted by molar-refractivity contribution is 5.25. The van der Waals surface area contributed by atoms with E-state index in [1.165, 1.54) is 11.1 Å². The zero-order valence-corrected chi connectivity index (χ0v) is 10.7. The molecule has 0 saturated heterocycles. The van der Waals surface area contributed by atoms with Gasteiger partial charge in [-0.2, -0.15) is 0 Å². The lowest BCUT2D eigenvalue weighted by Crippen LogP contribution is -2.38. The van der Waals surface area contributed by atoms with Gasteiger partial charge in [-0.05, 0) is 24.0 Å². The molecule has 1 aromatic carbocycles. The van der Waals surface area contributed by atoms with E-state index in [2.05, 4.69) is 43.4 Å². The highest BCUT2D eigenvalue weighted by Gasteiger charge is 2.14. The number of benzene rings is 1. The first-order valence-electron chi connectivity index (χ1n) is 6.31. The van der Waals surface area contributed by atoms with E-state index in [0.29, 0.717) is 0 Å². The van der Waals surface area contributed by atoms with Gasteiger partial charge < -0.3 is 15.5 Å². The van der Waals surface area contributed by atoms with Crippen LogP contribution in [0, 0.1) is 0 Å². The molecule has 3 nitrogen and oxygen atoms in total. The van der Waals surface area contributed by atoms with Gasteiger partial charge in [-0.3, -0.25) is 0 Å².